The summed E-state index contributed by atoms with van der Waals surface area (Å²) < 4.78 is 1.73. The number of aromatic carboxylic acids is 1. The summed E-state index contributed by atoms with van der Waals surface area (Å²) in [5.41, 5.74) is 0.892. The van der Waals surface area contributed by atoms with Gasteiger partial charge in [0.25, 0.3) is 0 Å². The van der Waals surface area contributed by atoms with Crippen molar-refractivity contribution in [1.82, 2.24) is 9.55 Å². The Morgan fingerprint density at radius 1 is 1.23 bits per heavy atom. The molecule has 22 heavy (non-hydrogen) atoms. The van der Waals surface area contributed by atoms with Gasteiger partial charge in [0, 0.05) is 12.7 Å². The predicted octanol–water partition coefficient (Wildman–Crippen LogP) is 3.80. The summed E-state index contributed by atoms with van der Waals surface area (Å²) in [4.78, 5) is 14.8. The third-order valence-corrected chi connectivity index (χ3v) is 3.85. The van der Waals surface area contributed by atoms with Crippen molar-refractivity contribution in [3.63, 3.8) is 0 Å². The molecule has 0 unspecified atom stereocenters. The van der Waals surface area contributed by atoms with Gasteiger partial charge in [0.05, 0.1) is 15.9 Å². The predicted molar refractivity (Wildman–Crippen MR) is 83.9 cm³/mol. The minimum Gasteiger partial charge on any atom is -0.505 e. The van der Waals surface area contributed by atoms with E-state index < -0.39 is 17.4 Å². The average Bonchev–Trinajstić information content (AvgIpc) is 2.81. The van der Waals surface area contributed by atoms with Crippen LogP contribution in [0.1, 0.15) is 16.1 Å². The number of hydrogen-bond donors (Lipinski definition) is 2. The van der Waals surface area contributed by atoms with E-state index in [1.54, 1.807) is 10.8 Å². The van der Waals surface area contributed by atoms with Crippen LogP contribution in [0.3, 0.4) is 0 Å². The van der Waals surface area contributed by atoms with E-state index in [0.717, 1.165) is 5.56 Å². The molecule has 2 aromatic heterocycles. The number of pyridine rings is 1. The number of halogens is 2. The Morgan fingerprint density at radius 2 is 1.91 bits per heavy atom. The van der Waals surface area contributed by atoms with E-state index in [4.69, 9.17) is 28.3 Å². The van der Waals surface area contributed by atoms with Gasteiger partial charge in [-0.15, -0.1) is 0 Å². The number of hydrogen-bond acceptors (Lipinski definition) is 3. The lowest BCUT2D eigenvalue weighted by atomic mass is 10.2. The van der Waals surface area contributed by atoms with Gasteiger partial charge in [-0.25, -0.2) is 9.78 Å². The summed E-state index contributed by atoms with van der Waals surface area (Å²) in [5, 5.41) is 19.5. The first-order valence-electron chi connectivity index (χ1n) is 6.33. The molecule has 0 saturated carbocycles. The van der Waals surface area contributed by atoms with Crippen LogP contribution in [0.2, 0.25) is 10.2 Å². The molecule has 3 rings (SSSR count). The lowest BCUT2D eigenvalue weighted by Crippen LogP contribution is -2.03. The molecule has 0 atom stereocenters. The van der Waals surface area contributed by atoms with Gasteiger partial charge in [-0.2, -0.15) is 0 Å². The smallest absolute Gasteiger partial charge is 0.358 e. The first-order valence-corrected chi connectivity index (χ1v) is 7.08. The highest BCUT2D eigenvalue weighted by Crippen LogP contribution is 2.38. The molecule has 0 fully saturated rings. The topological polar surface area (TPSA) is 75.3 Å². The van der Waals surface area contributed by atoms with E-state index in [-0.39, 0.29) is 15.6 Å². The zero-order valence-corrected chi connectivity index (χ0v) is 12.6. The van der Waals surface area contributed by atoms with Crippen LogP contribution in [0.25, 0.3) is 10.9 Å². The monoisotopic (exact) mass is 336 g/mol. The summed E-state index contributed by atoms with van der Waals surface area (Å²) in [6.45, 7) is 0.470. The average molecular weight is 337 g/mol. The third kappa shape index (κ3) is 2.38. The first kappa shape index (κ1) is 14.7. The Hall–Kier alpha value is -2.24. The van der Waals surface area contributed by atoms with Gasteiger partial charge in [-0.1, -0.05) is 53.5 Å². The van der Waals surface area contributed by atoms with Crippen molar-refractivity contribution >= 4 is 40.1 Å². The van der Waals surface area contributed by atoms with E-state index in [0.29, 0.717) is 12.1 Å². The number of benzene rings is 1. The SMILES string of the molecule is O=C(O)c1nc(Cl)c2c(c(Cl)cn2Cc2ccccc2)c1O. The van der Waals surface area contributed by atoms with Crippen LogP contribution in [0.5, 0.6) is 5.75 Å². The minimum atomic E-state index is -1.37. The van der Waals surface area contributed by atoms with Crippen molar-refractivity contribution in [1.29, 1.82) is 0 Å². The fraction of sp³-hybridized carbons (Fsp3) is 0.0667. The van der Waals surface area contributed by atoms with Gasteiger partial charge in [0.1, 0.15) is 0 Å². The van der Waals surface area contributed by atoms with E-state index in [9.17, 15) is 9.90 Å². The van der Waals surface area contributed by atoms with Crippen molar-refractivity contribution in [2.75, 3.05) is 0 Å². The fourth-order valence-corrected chi connectivity index (χ4v) is 2.93. The number of rotatable bonds is 3. The molecule has 112 valence electrons. The second-order valence-electron chi connectivity index (χ2n) is 4.72. The zero-order valence-electron chi connectivity index (χ0n) is 11.1. The lowest BCUT2D eigenvalue weighted by Gasteiger charge is -2.08. The molecule has 3 aromatic rings. The highest BCUT2D eigenvalue weighted by molar-refractivity contribution is 6.40. The normalized spacial score (nSPS) is 11.0. The first-order chi connectivity index (χ1) is 10.5. The third-order valence-electron chi connectivity index (χ3n) is 3.30. The number of aromatic nitrogens is 2. The van der Waals surface area contributed by atoms with Crippen molar-refractivity contribution in [2.24, 2.45) is 0 Å². The van der Waals surface area contributed by atoms with Gasteiger partial charge in [-0.05, 0) is 5.56 Å². The van der Waals surface area contributed by atoms with Crippen LogP contribution < -0.4 is 0 Å². The molecule has 2 N–H and O–H groups in total. The Bertz CT molecular complexity index is 876. The van der Waals surface area contributed by atoms with E-state index in [2.05, 4.69) is 4.98 Å². The molecule has 0 radical (unpaired) electrons. The van der Waals surface area contributed by atoms with E-state index in [1.165, 1.54) is 0 Å². The maximum atomic E-state index is 11.1. The lowest BCUT2D eigenvalue weighted by molar-refractivity contribution is 0.0687. The zero-order chi connectivity index (χ0) is 15.9. The van der Waals surface area contributed by atoms with Crippen LogP contribution in [0.4, 0.5) is 0 Å². The van der Waals surface area contributed by atoms with Crippen LogP contribution in [-0.2, 0) is 6.54 Å². The number of carbonyl (C=O) groups is 1. The molecule has 1 aromatic carbocycles. The van der Waals surface area contributed by atoms with Gasteiger partial charge < -0.3 is 14.8 Å². The van der Waals surface area contributed by atoms with Gasteiger partial charge in [0.2, 0.25) is 0 Å². The second-order valence-corrected chi connectivity index (χ2v) is 5.48. The second kappa shape index (κ2) is 5.51. The summed E-state index contributed by atoms with van der Waals surface area (Å²) in [5.74, 6) is -1.85. The minimum absolute atomic E-state index is 0.0203. The molecule has 5 nitrogen and oxygen atoms in total. The van der Waals surface area contributed by atoms with Crippen molar-refractivity contribution in [3.8, 4) is 5.75 Å². The maximum absolute atomic E-state index is 11.1. The Morgan fingerprint density at radius 3 is 2.55 bits per heavy atom. The summed E-state index contributed by atoms with van der Waals surface area (Å²) in [6.07, 6.45) is 1.60. The van der Waals surface area contributed by atoms with E-state index in [1.807, 2.05) is 30.3 Å². The molecular weight excluding hydrogens is 327 g/mol. The number of carboxylic acid groups (broad SMARTS) is 1. The van der Waals surface area contributed by atoms with Gasteiger partial charge in [-0.3, -0.25) is 0 Å². The molecule has 0 aliphatic heterocycles. The van der Waals surface area contributed by atoms with Gasteiger partial charge in [0.15, 0.2) is 16.6 Å². The van der Waals surface area contributed by atoms with Crippen LogP contribution in [0.15, 0.2) is 36.5 Å². The molecule has 0 saturated heterocycles. The molecular formula is C15H10Cl2N2O3. The van der Waals surface area contributed by atoms with Gasteiger partial charge >= 0.3 is 5.97 Å². The molecule has 0 amide bonds. The maximum Gasteiger partial charge on any atom is 0.358 e. The summed E-state index contributed by atoms with van der Waals surface area (Å²) >= 11 is 12.2. The standard InChI is InChI=1S/C15H10Cl2N2O3/c16-9-7-19(6-8-4-2-1-3-5-8)12-10(9)13(20)11(15(21)22)18-14(12)17/h1-5,7,20H,6H2,(H,21,22). The molecule has 0 bridgehead atoms. The quantitative estimate of drug-likeness (QED) is 0.713. The molecule has 0 spiro atoms. The van der Waals surface area contributed by atoms with Crippen LogP contribution >= 0.6 is 23.2 Å². The Labute approximate surface area is 135 Å². The highest BCUT2D eigenvalue weighted by Gasteiger charge is 2.22. The molecule has 0 aliphatic rings. The van der Waals surface area contributed by atoms with E-state index >= 15 is 0 Å². The Kier molecular flexibility index (Phi) is 3.68. The van der Waals surface area contributed by atoms with Crippen molar-refractivity contribution in [2.45, 2.75) is 6.54 Å². The summed E-state index contributed by atoms with van der Waals surface area (Å²) in [6, 6.07) is 9.59. The van der Waals surface area contributed by atoms with Crippen molar-refractivity contribution in [3.05, 3.63) is 58.0 Å². The summed E-state index contributed by atoms with van der Waals surface area (Å²) in [7, 11) is 0. The van der Waals surface area contributed by atoms with Crippen LogP contribution in [0, 0.1) is 0 Å². The molecule has 0 aliphatic carbocycles. The fourth-order valence-electron chi connectivity index (χ4n) is 2.35. The Balaban J connectivity index is 2.22. The van der Waals surface area contributed by atoms with Crippen LogP contribution in [-0.4, -0.2) is 25.7 Å². The number of fused-ring (bicyclic) bond motifs is 1. The number of nitrogens with zero attached hydrogens (tertiary/aromatic N) is 2. The highest BCUT2D eigenvalue weighted by atomic mass is 35.5. The largest absolute Gasteiger partial charge is 0.505 e. The van der Waals surface area contributed by atoms with Crippen molar-refractivity contribution < 1.29 is 15.0 Å². The molecule has 7 heteroatoms. The number of aromatic hydroxyl groups is 1. The number of carboxylic acids is 1. The molecule has 2 heterocycles.